The largest absolute Gasteiger partial charge is 0.494 e. The lowest BCUT2D eigenvalue weighted by Gasteiger charge is -2.06. The highest BCUT2D eigenvalue weighted by atomic mass is 16.5. The molecule has 0 aliphatic rings. The molecular weight excluding hydrogens is 380 g/mol. The molecule has 30 heavy (non-hydrogen) atoms. The fourth-order valence-corrected chi connectivity index (χ4v) is 2.89. The van der Waals surface area contributed by atoms with Crippen molar-refractivity contribution < 1.29 is 9.53 Å². The molecule has 0 bridgehead atoms. The second kappa shape index (κ2) is 10.9. The first-order valence-corrected chi connectivity index (χ1v) is 10.2. The molecule has 2 aromatic carbocycles. The van der Waals surface area contributed by atoms with Crippen molar-refractivity contribution in [3.05, 3.63) is 76.2 Å². The molecule has 0 spiro atoms. The zero-order chi connectivity index (χ0) is 21.2. The number of carbonyl (C=O) groups is 1. The van der Waals surface area contributed by atoms with E-state index in [-0.39, 0.29) is 30.0 Å². The molecule has 7 nitrogen and oxygen atoms in total. The van der Waals surface area contributed by atoms with Crippen LogP contribution < -0.4 is 15.6 Å². The molecule has 1 heterocycles. The van der Waals surface area contributed by atoms with E-state index in [1.54, 1.807) is 0 Å². The van der Waals surface area contributed by atoms with E-state index in [1.165, 1.54) is 5.56 Å². The minimum Gasteiger partial charge on any atom is -0.494 e. The lowest BCUT2D eigenvalue weighted by molar-refractivity contribution is -0.121. The Labute approximate surface area is 175 Å². The molecule has 0 fully saturated rings. The maximum absolute atomic E-state index is 12.3. The third-order valence-corrected chi connectivity index (χ3v) is 4.53. The van der Waals surface area contributed by atoms with Crippen LogP contribution in [0.1, 0.15) is 31.0 Å². The number of hydrogen-bond acceptors (Lipinski definition) is 5. The van der Waals surface area contributed by atoms with Crippen LogP contribution in [-0.2, 0) is 17.6 Å². The van der Waals surface area contributed by atoms with Crippen molar-refractivity contribution in [2.75, 3.05) is 13.2 Å². The highest BCUT2D eigenvalue weighted by Gasteiger charge is 2.09. The molecule has 3 aromatic rings. The van der Waals surface area contributed by atoms with Gasteiger partial charge in [0, 0.05) is 24.9 Å². The number of amides is 1. The van der Waals surface area contributed by atoms with Gasteiger partial charge < -0.3 is 15.0 Å². The zero-order valence-electron chi connectivity index (χ0n) is 17.1. The van der Waals surface area contributed by atoms with Gasteiger partial charge in [-0.05, 0) is 42.7 Å². The van der Waals surface area contributed by atoms with Crippen LogP contribution >= 0.6 is 0 Å². The number of aromatic nitrogens is 3. The van der Waals surface area contributed by atoms with E-state index in [9.17, 15) is 9.59 Å². The normalized spacial score (nSPS) is 10.6. The third-order valence-electron chi connectivity index (χ3n) is 4.53. The summed E-state index contributed by atoms with van der Waals surface area (Å²) in [6, 6.07) is 17.3. The van der Waals surface area contributed by atoms with Crippen molar-refractivity contribution in [2.45, 2.75) is 32.6 Å². The molecule has 0 saturated heterocycles. The van der Waals surface area contributed by atoms with Crippen molar-refractivity contribution in [3.8, 4) is 17.1 Å². The first kappa shape index (κ1) is 21.2. The molecule has 7 heteroatoms. The molecule has 0 atom stereocenters. The van der Waals surface area contributed by atoms with Gasteiger partial charge in [-0.2, -0.15) is 0 Å². The fourth-order valence-electron chi connectivity index (χ4n) is 2.89. The number of H-pyrrole nitrogens is 1. The number of rotatable bonds is 10. The van der Waals surface area contributed by atoms with E-state index in [0.29, 0.717) is 19.0 Å². The standard InChI is InChI=1S/C23H26N4O3/c1-2-16-30-19-10-8-18(9-11-19)22-25-23(29)20(26-27-22)12-13-21(28)24-15-14-17-6-4-3-5-7-17/h3-11H,2,12-16H2,1H3,(H,24,28)(H,25,27,29). The molecule has 1 amide bonds. The van der Waals surface area contributed by atoms with Crippen LogP contribution in [0.4, 0.5) is 0 Å². The Bertz CT molecular complexity index is 1000. The topological polar surface area (TPSA) is 97.0 Å². The molecule has 3 rings (SSSR count). The number of aryl methyl sites for hydroxylation is 1. The van der Waals surface area contributed by atoms with Gasteiger partial charge in [-0.15, -0.1) is 10.2 Å². The molecule has 2 N–H and O–H groups in total. The summed E-state index contributed by atoms with van der Waals surface area (Å²) >= 11 is 0. The van der Waals surface area contributed by atoms with Gasteiger partial charge in [-0.25, -0.2) is 0 Å². The molecule has 1 aromatic heterocycles. The van der Waals surface area contributed by atoms with Crippen molar-refractivity contribution in [1.29, 1.82) is 0 Å². The lowest BCUT2D eigenvalue weighted by Crippen LogP contribution is -2.27. The minimum atomic E-state index is -0.330. The Morgan fingerprint density at radius 2 is 1.80 bits per heavy atom. The Morgan fingerprint density at radius 3 is 2.50 bits per heavy atom. The lowest BCUT2D eigenvalue weighted by atomic mass is 10.1. The Balaban J connectivity index is 1.50. The minimum absolute atomic E-state index is 0.112. The first-order chi connectivity index (χ1) is 14.7. The predicted octanol–water partition coefficient (Wildman–Crippen LogP) is 2.91. The van der Waals surface area contributed by atoms with Crippen LogP contribution in [0.5, 0.6) is 5.75 Å². The molecule has 0 unspecified atom stereocenters. The number of benzene rings is 2. The van der Waals surface area contributed by atoms with Crippen molar-refractivity contribution in [2.24, 2.45) is 0 Å². The summed E-state index contributed by atoms with van der Waals surface area (Å²) in [6.45, 7) is 3.26. The summed E-state index contributed by atoms with van der Waals surface area (Å²) in [7, 11) is 0. The molecule has 0 radical (unpaired) electrons. The molecule has 0 saturated carbocycles. The number of carbonyl (C=O) groups excluding carboxylic acids is 1. The van der Waals surface area contributed by atoms with E-state index in [1.807, 2.05) is 61.5 Å². The summed E-state index contributed by atoms with van der Waals surface area (Å²) in [5.41, 5.74) is 1.83. The second-order valence-corrected chi connectivity index (χ2v) is 6.91. The van der Waals surface area contributed by atoms with E-state index in [2.05, 4.69) is 20.5 Å². The van der Waals surface area contributed by atoms with Crippen LogP contribution in [0.3, 0.4) is 0 Å². The molecule has 156 valence electrons. The summed E-state index contributed by atoms with van der Waals surface area (Å²) in [6.07, 6.45) is 2.13. The van der Waals surface area contributed by atoms with Gasteiger partial charge in [0.05, 0.1) is 6.61 Å². The summed E-state index contributed by atoms with van der Waals surface area (Å²) < 4.78 is 5.55. The smallest absolute Gasteiger partial charge is 0.273 e. The third kappa shape index (κ3) is 6.27. The van der Waals surface area contributed by atoms with E-state index in [0.717, 1.165) is 24.2 Å². The fraction of sp³-hybridized carbons (Fsp3) is 0.304. The van der Waals surface area contributed by atoms with Gasteiger partial charge in [-0.3, -0.25) is 9.59 Å². The van der Waals surface area contributed by atoms with Gasteiger partial charge >= 0.3 is 0 Å². The van der Waals surface area contributed by atoms with Crippen LogP contribution in [0, 0.1) is 0 Å². The maximum atomic E-state index is 12.3. The number of hydrogen-bond donors (Lipinski definition) is 2. The number of aromatic amines is 1. The first-order valence-electron chi connectivity index (χ1n) is 10.2. The highest BCUT2D eigenvalue weighted by molar-refractivity contribution is 5.76. The summed E-state index contributed by atoms with van der Waals surface area (Å²) in [5, 5.41) is 11.0. The number of nitrogens with one attached hydrogen (secondary N) is 2. The zero-order valence-corrected chi connectivity index (χ0v) is 17.1. The molecule has 0 aliphatic carbocycles. The van der Waals surface area contributed by atoms with Crippen LogP contribution in [0.15, 0.2) is 59.4 Å². The average Bonchev–Trinajstić information content (AvgIpc) is 2.78. The summed E-state index contributed by atoms with van der Waals surface area (Å²) in [4.78, 5) is 27.1. The van der Waals surface area contributed by atoms with E-state index >= 15 is 0 Å². The Morgan fingerprint density at radius 1 is 1.03 bits per heavy atom. The summed E-state index contributed by atoms with van der Waals surface area (Å²) in [5.74, 6) is 1.04. The van der Waals surface area contributed by atoms with Gasteiger partial charge in [0.15, 0.2) is 5.82 Å². The Kier molecular flexibility index (Phi) is 7.71. The quantitative estimate of drug-likeness (QED) is 0.540. The van der Waals surface area contributed by atoms with Crippen molar-refractivity contribution >= 4 is 5.91 Å². The molecule has 0 aliphatic heterocycles. The van der Waals surface area contributed by atoms with E-state index < -0.39 is 0 Å². The highest BCUT2D eigenvalue weighted by Crippen LogP contribution is 2.18. The number of ether oxygens (including phenoxy) is 1. The van der Waals surface area contributed by atoms with Gasteiger partial charge in [0.25, 0.3) is 5.56 Å². The predicted molar refractivity (Wildman–Crippen MR) is 115 cm³/mol. The molecular formula is C23H26N4O3. The van der Waals surface area contributed by atoms with Crippen LogP contribution in [0.2, 0.25) is 0 Å². The van der Waals surface area contributed by atoms with Gasteiger partial charge in [0.1, 0.15) is 11.4 Å². The van der Waals surface area contributed by atoms with Crippen LogP contribution in [0.25, 0.3) is 11.4 Å². The Hall–Kier alpha value is -3.48. The monoisotopic (exact) mass is 406 g/mol. The average molecular weight is 406 g/mol. The van der Waals surface area contributed by atoms with Crippen molar-refractivity contribution in [3.63, 3.8) is 0 Å². The SMILES string of the molecule is CCCOc1ccc(-c2nnc(CCC(=O)NCCc3ccccc3)c(=O)[nH]2)cc1. The van der Waals surface area contributed by atoms with Gasteiger partial charge in [-0.1, -0.05) is 37.3 Å². The maximum Gasteiger partial charge on any atom is 0.273 e. The van der Waals surface area contributed by atoms with Crippen LogP contribution in [-0.4, -0.2) is 34.2 Å². The number of nitrogens with zero attached hydrogens (tertiary/aromatic N) is 2. The van der Waals surface area contributed by atoms with E-state index in [4.69, 9.17) is 4.74 Å². The van der Waals surface area contributed by atoms with Crippen molar-refractivity contribution in [1.82, 2.24) is 20.5 Å². The van der Waals surface area contributed by atoms with Gasteiger partial charge in [0.2, 0.25) is 5.91 Å². The second-order valence-electron chi connectivity index (χ2n) is 6.91.